The van der Waals surface area contributed by atoms with E-state index in [-0.39, 0.29) is 6.04 Å². The molecule has 0 aliphatic heterocycles. The highest BCUT2D eigenvalue weighted by molar-refractivity contribution is 6.18. The third-order valence-corrected chi connectivity index (χ3v) is 1.62. The maximum Gasteiger partial charge on any atom is 0.0923 e. The van der Waals surface area contributed by atoms with E-state index in [4.69, 9.17) is 17.3 Å². The number of rotatable bonds is 3. The third-order valence-electron chi connectivity index (χ3n) is 1.22. The number of nitrogens with one attached hydrogen (secondary N) is 1. The molecule has 1 atom stereocenters. The first-order chi connectivity index (χ1) is 4.83. The van der Waals surface area contributed by atoms with Crippen molar-refractivity contribution < 1.29 is 0 Å². The first-order valence-corrected chi connectivity index (χ1v) is 3.65. The van der Waals surface area contributed by atoms with Crippen LogP contribution in [0.15, 0.2) is 12.5 Å². The molecule has 0 radical (unpaired) electrons. The van der Waals surface area contributed by atoms with E-state index >= 15 is 0 Å². The normalized spacial score (nSPS) is 13.4. The Morgan fingerprint density at radius 1 is 1.80 bits per heavy atom. The molecule has 0 aliphatic carbocycles. The highest BCUT2D eigenvalue weighted by Crippen LogP contribution is 1.96. The number of hydrogen-bond donors (Lipinski definition) is 2. The molecule has 0 saturated heterocycles. The van der Waals surface area contributed by atoms with Crippen LogP contribution in [-0.2, 0) is 6.42 Å². The van der Waals surface area contributed by atoms with Crippen molar-refractivity contribution in [2.24, 2.45) is 5.73 Å². The lowest BCUT2D eigenvalue weighted by molar-refractivity contribution is 0.732. The van der Waals surface area contributed by atoms with Crippen molar-refractivity contribution >= 4 is 11.6 Å². The Kier molecular flexibility index (Phi) is 2.71. The quantitative estimate of drug-likeness (QED) is 0.632. The molecule has 4 heteroatoms. The molecular weight excluding hydrogens is 150 g/mol. The van der Waals surface area contributed by atoms with Crippen LogP contribution in [0.4, 0.5) is 0 Å². The summed E-state index contributed by atoms with van der Waals surface area (Å²) in [5.41, 5.74) is 6.54. The van der Waals surface area contributed by atoms with Gasteiger partial charge in [-0.2, -0.15) is 0 Å². The lowest BCUT2D eigenvalue weighted by Gasteiger charge is -2.02. The van der Waals surface area contributed by atoms with E-state index in [0.717, 1.165) is 12.1 Å². The number of nitrogens with two attached hydrogens (primary N) is 1. The fourth-order valence-electron chi connectivity index (χ4n) is 0.726. The zero-order chi connectivity index (χ0) is 7.40. The summed E-state index contributed by atoms with van der Waals surface area (Å²) in [4.78, 5) is 6.86. The molecule has 56 valence electrons. The molecule has 10 heavy (non-hydrogen) atoms. The van der Waals surface area contributed by atoms with Gasteiger partial charge in [0.25, 0.3) is 0 Å². The molecule has 1 heterocycles. The first kappa shape index (κ1) is 7.57. The van der Waals surface area contributed by atoms with Gasteiger partial charge in [0, 0.05) is 24.5 Å². The van der Waals surface area contributed by atoms with Crippen LogP contribution < -0.4 is 5.73 Å². The van der Waals surface area contributed by atoms with Crippen molar-refractivity contribution in [1.82, 2.24) is 9.97 Å². The number of halogens is 1. The first-order valence-electron chi connectivity index (χ1n) is 3.12. The maximum atomic E-state index is 5.58. The number of nitrogens with zero attached hydrogens (tertiary/aromatic N) is 1. The molecule has 0 spiro atoms. The summed E-state index contributed by atoms with van der Waals surface area (Å²) in [6.07, 6.45) is 4.20. The summed E-state index contributed by atoms with van der Waals surface area (Å²) in [5.74, 6) is 0.479. The number of hydrogen-bond acceptors (Lipinski definition) is 2. The highest BCUT2D eigenvalue weighted by Gasteiger charge is 2.02. The van der Waals surface area contributed by atoms with Gasteiger partial charge in [-0.3, -0.25) is 0 Å². The van der Waals surface area contributed by atoms with Gasteiger partial charge in [-0.25, -0.2) is 4.98 Å². The van der Waals surface area contributed by atoms with Crippen LogP contribution in [0.2, 0.25) is 0 Å². The second-order valence-electron chi connectivity index (χ2n) is 2.18. The highest BCUT2D eigenvalue weighted by atomic mass is 35.5. The van der Waals surface area contributed by atoms with Gasteiger partial charge < -0.3 is 10.7 Å². The Balaban J connectivity index is 2.40. The number of imidazole rings is 1. The molecule has 1 unspecified atom stereocenters. The number of alkyl halides is 1. The molecule has 1 aromatic rings. The molecule has 0 aliphatic rings. The van der Waals surface area contributed by atoms with Gasteiger partial charge >= 0.3 is 0 Å². The topological polar surface area (TPSA) is 54.7 Å². The predicted molar refractivity (Wildman–Crippen MR) is 41.0 cm³/mol. The minimum Gasteiger partial charge on any atom is -0.351 e. The number of H-pyrrole nitrogens is 1. The second-order valence-corrected chi connectivity index (χ2v) is 2.49. The Labute approximate surface area is 64.6 Å². The lowest BCUT2D eigenvalue weighted by Crippen LogP contribution is -2.24. The predicted octanol–water partition coefficient (Wildman–Crippen LogP) is 0.518. The van der Waals surface area contributed by atoms with Gasteiger partial charge in [0.15, 0.2) is 0 Å². The number of aromatic nitrogens is 2. The van der Waals surface area contributed by atoms with E-state index in [1.54, 1.807) is 6.33 Å². The van der Waals surface area contributed by atoms with Crippen LogP contribution >= 0.6 is 11.6 Å². The molecule has 0 bridgehead atoms. The van der Waals surface area contributed by atoms with Crippen LogP contribution in [0.25, 0.3) is 0 Å². The van der Waals surface area contributed by atoms with E-state index in [1.165, 1.54) is 0 Å². The molecule has 0 amide bonds. The molecule has 3 N–H and O–H groups in total. The molecule has 0 aromatic carbocycles. The SMILES string of the molecule is NC(CCl)Cc1c[nH]cn1. The molecule has 0 fully saturated rings. The van der Waals surface area contributed by atoms with Crippen LogP contribution in [0, 0.1) is 0 Å². The van der Waals surface area contributed by atoms with Gasteiger partial charge in [-0.15, -0.1) is 11.6 Å². The number of aromatic amines is 1. The fourth-order valence-corrected chi connectivity index (χ4v) is 0.835. The van der Waals surface area contributed by atoms with Gasteiger partial charge in [-0.05, 0) is 0 Å². The Morgan fingerprint density at radius 3 is 3.10 bits per heavy atom. The Hall–Kier alpha value is -0.540. The molecule has 1 aromatic heterocycles. The van der Waals surface area contributed by atoms with E-state index in [9.17, 15) is 0 Å². The minimum atomic E-state index is 0.0185. The van der Waals surface area contributed by atoms with Crippen LogP contribution in [0.5, 0.6) is 0 Å². The molecule has 1 rings (SSSR count). The Bertz CT molecular complexity index is 173. The van der Waals surface area contributed by atoms with Crippen molar-refractivity contribution in [2.75, 3.05) is 5.88 Å². The largest absolute Gasteiger partial charge is 0.351 e. The van der Waals surface area contributed by atoms with Gasteiger partial charge in [0.05, 0.1) is 12.0 Å². The Morgan fingerprint density at radius 2 is 2.60 bits per heavy atom. The summed E-state index contributed by atoms with van der Waals surface area (Å²) in [6.45, 7) is 0. The smallest absolute Gasteiger partial charge is 0.0923 e. The van der Waals surface area contributed by atoms with E-state index in [1.807, 2.05) is 6.20 Å². The van der Waals surface area contributed by atoms with Gasteiger partial charge in [-0.1, -0.05) is 0 Å². The summed E-state index contributed by atoms with van der Waals surface area (Å²) < 4.78 is 0. The zero-order valence-electron chi connectivity index (χ0n) is 5.55. The van der Waals surface area contributed by atoms with Crippen molar-refractivity contribution in [2.45, 2.75) is 12.5 Å². The molecule has 0 saturated carbocycles. The molecule has 3 nitrogen and oxygen atoms in total. The standard InChI is InChI=1S/C6H10ClN3/c7-2-5(8)1-6-3-9-4-10-6/h3-5H,1-2,8H2,(H,9,10). The summed E-state index contributed by atoms with van der Waals surface area (Å²) >= 11 is 5.51. The van der Waals surface area contributed by atoms with Crippen molar-refractivity contribution in [3.05, 3.63) is 18.2 Å². The van der Waals surface area contributed by atoms with Crippen LogP contribution in [0.3, 0.4) is 0 Å². The van der Waals surface area contributed by atoms with Gasteiger partial charge in [0.2, 0.25) is 0 Å². The van der Waals surface area contributed by atoms with Crippen molar-refractivity contribution in [3.8, 4) is 0 Å². The molecular formula is C6H10ClN3. The van der Waals surface area contributed by atoms with Crippen molar-refractivity contribution in [1.29, 1.82) is 0 Å². The van der Waals surface area contributed by atoms with Crippen LogP contribution in [0.1, 0.15) is 5.69 Å². The van der Waals surface area contributed by atoms with Crippen LogP contribution in [-0.4, -0.2) is 21.9 Å². The zero-order valence-corrected chi connectivity index (χ0v) is 6.30. The summed E-state index contributed by atoms with van der Waals surface area (Å²) in [6, 6.07) is 0.0185. The second kappa shape index (κ2) is 3.58. The lowest BCUT2D eigenvalue weighted by atomic mass is 10.2. The minimum absolute atomic E-state index is 0.0185. The average Bonchev–Trinajstić information content (AvgIpc) is 2.40. The van der Waals surface area contributed by atoms with E-state index < -0.39 is 0 Å². The van der Waals surface area contributed by atoms with Gasteiger partial charge in [0.1, 0.15) is 0 Å². The summed E-state index contributed by atoms with van der Waals surface area (Å²) in [5, 5.41) is 0. The van der Waals surface area contributed by atoms with E-state index in [2.05, 4.69) is 9.97 Å². The monoisotopic (exact) mass is 159 g/mol. The third kappa shape index (κ3) is 2.01. The average molecular weight is 160 g/mol. The summed E-state index contributed by atoms with van der Waals surface area (Å²) in [7, 11) is 0. The van der Waals surface area contributed by atoms with E-state index in [0.29, 0.717) is 5.88 Å². The maximum absolute atomic E-state index is 5.58. The van der Waals surface area contributed by atoms with Crippen molar-refractivity contribution in [3.63, 3.8) is 0 Å². The fraction of sp³-hybridized carbons (Fsp3) is 0.500.